The van der Waals surface area contributed by atoms with Crippen LogP contribution in [0, 0.1) is 0 Å². The van der Waals surface area contributed by atoms with Crippen molar-refractivity contribution < 1.29 is 4.79 Å². The fraction of sp³-hybridized carbons (Fsp3) is 0.312. The molecule has 0 aliphatic rings. The zero-order valence-electron chi connectivity index (χ0n) is 13.5. The second-order valence-corrected chi connectivity index (χ2v) is 6.48. The van der Waals surface area contributed by atoms with Crippen LogP contribution in [0.4, 0.5) is 5.13 Å². The highest BCUT2D eigenvalue weighted by molar-refractivity contribution is 7.15. The molecule has 2 aromatic heterocycles. The molecule has 24 heavy (non-hydrogen) atoms. The number of amides is 1. The van der Waals surface area contributed by atoms with Crippen molar-refractivity contribution in [2.75, 3.05) is 5.32 Å². The second kappa shape index (κ2) is 7.31. The van der Waals surface area contributed by atoms with Crippen LogP contribution in [-0.2, 0) is 0 Å². The minimum Gasteiger partial charge on any atom is -0.296 e. The summed E-state index contributed by atoms with van der Waals surface area (Å²) >= 11 is 1.42. The highest BCUT2D eigenvalue weighted by Crippen LogP contribution is 2.27. The number of aromatic amines is 1. The fourth-order valence-corrected chi connectivity index (χ4v) is 3.25. The summed E-state index contributed by atoms with van der Waals surface area (Å²) in [6, 6.07) is 7.23. The fourth-order valence-electron chi connectivity index (χ4n) is 2.43. The molecule has 1 unspecified atom stereocenters. The van der Waals surface area contributed by atoms with Gasteiger partial charge in [-0.05, 0) is 12.5 Å². The SMILES string of the molecule is CCCC(C)c1nnc(NC(=O)c2ccccc2-c2ncn[nH]2)s1. The van der Waals surface area contributed by atoms with Gasteiger partial charge in [0, 0.05) is 11.5 Å². The van der Waals surface area contributed by atoms with E-state index in [0.717, 1.165) is 17.8 Å². The van der Waals surface area contributed by atoms with E-state index < -0.39 is 0 Å². The molecule has 7 nitrogen and oxygen atoms in total. The average Bonchev–Trinajstić information content (AvgIpc) is 3.27. The van der Waals surface area contributed by atoms with Crippen molar-refractivity contribution in [3.05, 3.63) is 41.2 Å². The number of hydrogen-bond acceptors (Lipinski definition) is 6. The van der Waals surface area contributed by atoms with Crippen LogP contribution in [0.15, 0.2) is 30.6 Å². The Kier molecular flexibility index (Phi) is 4.95. The topological polar surface area (TPSA) is 96.5 Å². The van der Waals surface area contributed by atoms with Gasteiger partial charge < -0.3 is 0 Å². The smallest absolute Gasteiger partial charge is 0.258 e. The number of aromatic nitrogens is 5. The number of carbonyl (C=O) groups is 1. The van der Waals surface area contributed by atoms with Crippen molar-refractivity contribution in [2.24, 2.45) is 0 Å². The quantitative estimate of drug-likeness (QED) is 0.715. The lowest BCUT2D eigenvalue weighted by Gasteiger charge is -2.06. The van der Waals surface area contributed by atoms with Crippen LogP contribution >= 0.6 is 11.3 Å². The molecule has 2 heterocycles. The number of nitrogens with one attached hydrogen (secondary N) is 2. The standard InChI is InChI=1S/C16H18N6OS/c1-3-6-10(2)15-21-22-16(24-15)19-14(23)12-8-5-4-7-11(12)13-17-9-18-20-13/h4-5,7-10H,3,6H2,1-2H3,(H,17,18,20)(H,19,22,23). The van der Waals surface area contributed by atoms with Gasteiger partial charge in [-0.15, -0.1) is 10.2 Å². The molecule has 0 saturated carbocycles. The predicted molar refractivity (Wildman–Crippen MR) is 93.0 cm³/mol. The minimum atomic E-state index is -0.243. The van der Waals surface area contributed by atoms with E-state index in [-0.39, 0.29) is 5.91 Å². The summed E-state index contributed by atoms with van der Waals surface area (Å²) in [5.41, 5.74) is 1.20. The number of benzene rings is 1. The van der Waals surface area contributed by atoms with Crippen LogP contribution in [0.2, 0.25) is 0 Å². The molecule has 8 heteroatoms. The van der Waals surface area contributed by atoms with Crippen LogP contribution in [0.5, 0.6) is 0 Å². The first-order valence-electron chi connectivity index (χ1n) is 7.78. The van der Waals surface area contributed by atoms with E-state index in [1.54, 1.807) is 6.07 Å². The first-order valence-corrected chi connectivity index (χ1v) is 8.60. The molecular weight excluding hydrogens is 324 g/mol. The van der Waals surface area contributed by atoms with Crippen LogP contribution in [0.1, 0.15) is 48.0 Å². The maximum absolute atomic E-state index is 12.6. The Morgan fingerprint density at radius 3 is 2.92 bits per heavy atom. The third-order valence-corrected chi connectivity index (χ3v) is 4.72. The summed E-state index contributed by atoms with van der Waals surface area (Å²) in [6.07, 6.45) is 3.56. The lowest BCUT2D eigenvalue weighted by Crippen LogP contribution is -2.13. The Morgan fingerprint density at radius 2 is 2.17 bits per heavy atom. The number of H-pyrrole nitrogens is 1. The third-order valence-electron chi connectivity index (χ3n) is 3.65. The normalized spacial score (nSPS) is 12.1. The zero-order valence-corrected chi connectivity index (χ0v) is 14.3. The van der Waals surface area contributed by atoms with Crippen LogP contribution < -0.4 is 5.32 Å². The van der Waals surface area contributed by atoms with E-state index in [1.807, 2.05) is 18.2 Å². The third kappa shape index (κ3) is 3.48. The maximum atomic E-state index is 12.6. The number of anilines is 1. The van der Waals surface area contributed by atoms with Crippen LogP contribution in [0.25, 0.3) is 11.4 Å². The van der Waals surface area contributed by atoms with Gasteiger partial charge in [0.05, 0.1) is 5.56 Å². The number of carbonyl (C=O) groups excluding carboxylic acids is 1. The lowest BCUT2D eigenvalue weighted by molar-refractivity contribution is 0.102. The lowest BCUT2D eigenvalue weighted by atomic mass is 10.1. The van der Waals surface area contributed by atoms with Crippen molar-refractivity contribution >= 4 is 22.4 Å². The molecule has 1 amide bonds. The van der Waals surface area contributed by atoms with Gasteiger partial charge in [0.2, 0.25) is 5.13 Å². The summed E-state index contributed by atoms with van der Waals surface area (Å²) in [7, 11) is 0. The highest BCUT2D eigenvalue weighted by atomic mass is 32.1. The van der Waals surface area contributed by atoms with Gasteiger partial charge >= 0.3 is 0 Å². The van der Waals surface area contributed by atoms with Crippen molar-refractivity contribution in [1.29, 1.82) is 0 Å². The molecule has 0 spiro atoms. The monoisotopic (exact) mass is 342 g/mol. The molecule has 2 N–H and O–H groups in total. The van der Waals surface area contributed by atoms with Gasteiger partial charge in [-0.2, -0.15) is 5.10 Å². The summed E-state index contributed by atoms with van der Waals surface area (Å²) in [5, 5.41) is 19.1. The molecule has 1 atom stereocenters. The number of hydrogen-bond donors (Lipinski definition) is 2. The summed E-state index contributed by atoms with van der Waals surface area (Å²) in [4.78, 5) is 16.7. The van der Waals surface area contributed by atoms with Gasteiger partial charge in [0.25, 0.3) is 5.91 Å². The van der Waals surface area contributed by atoms with Gasteiger partial charge in [0.15, 0.2) is 5.82 Å². The Hall–Kier alpha value is -2.61. The summed E-state index contributed by atoms with van der Waals surface area (Å²) in [5.74, 6) is 0.655. The van der Waals surface area contributed by atoms with E-state index in [9.17, 15) is 4.79 Å². The maximum Gasteiger partial charge on any atom is 0.258 e. The molecule has 124 valence electrons. The molecule has 0 aliphatic heterocycles. The Bertz CT molecular complexity index is 814. The molecule has 1 aromatic carbocycles. The highest BCUT2D eigenvalue weighted by Gasteiger charge is 2.17. The summed E-state index contributed by atoms with van der Waals surface area (Å²) < 4.78 is 0. The zero-order chi connectivity index (χ0) is 16.9. The molecule has 0 fully saturated rings. The Labute approximate surface area is 143 Å². The largest absolute Gasteiger partial charge is 0.296 e. The Balaban J connectivity index is 1.79. The summed E-state index contributed by atoms with van der Waals surface area (Å²) in [6.45, 7) is 4.26. The molecule has 3 aromatic rings. The first kappa shape index (κ1) is 16.3. The minimum absolute atomic E-state index is 0.243. The molecule has 0 saturated heterocycles. The Morgan fingerprint density at radius 1 is 1.33 bits per heavy atom. The van der Waals surface area contributed by atoms with Crippen molar-refractivity contribution in [1.82, 2.24) is 25.4 Å². The van der Waals surface area contributed by atoms with Gasteiger partial charge in [-0.3, -0.25) is 15.2 Å². The van der Waals surface area contributed by atoms with Crippen molar-refractivity contribution in [3.8, 4) is 11.4 Å². The van der Waals surface area contributed by atoms with Crippen LogP contribution in [-0.4, -0.2) is 31.3 Å². The average molecular weight is 342 g/mol. The second-order valence-electron chi connectivity index (χ2n) is 5.47. The first-order chi connectivity index (χ1) is 11.7. The van der Waals surface area contributed by atoms with Crippen LogP contribution in [0.3, 0.4) is 0 Å². The van der Waals surface area contributed by atoms with E-state index in [1.165, 1.54) is 17.7 Å². The molecule has 0 radical (unpaired) electrons. The van der Waals surface area contributed by atoms with Crippen molar-refractivity contribution in [3.63, 3.8) is 0 Å². The van der Waals surface area contributed by atoms with E-state index in [0.29, 0.717) is 28.0 Å². The van der Waals surface area contributed by atoms with E-state index in [2.05, 4.69) is 44.5 Å². The van der Waals surface area contributed by atoms with Gasteiger partial charge in [0.1, 0.15) is 11.3 Å². The number of rotatable bonds is 6. The van der Waals surface area contributed by atoms with Gasteiger partial charge in [-0.25, -0.2) is 4.98 Å². The van der Waals surface area contributed by atoms with E-state index >= 15 is 0 Å². The molecular formula is C16H18N6OS. The van der Waals surface area contributed by atoms with Gasteiger partial charge in [-0.1, -0.05) is 49.8 Å². The van der Waals surface area contributed by atoms with E-state index in [4.69, 9.17) is 0 Å². The predicted octanol–water partition coefficient (Wildman–Crippen LogP) is 3.48. The molecule has 0 aliphatic carbocycles. The van der Waals surface area contributed by atoms with Crippen molar-refractivity contribution in [2.45, 2.75) is 32.6 Å². The molecule has 3 rings (SSSR count). The number of nitrogens with zero attached hydrogens (tertiary/aromatic N) is 4. The molecule has 0 bridgehead atoms.